The second-order valence-corrected chi connectivity index (χ2v) is 6.56. The minimum atomic E-state index is -0.127. The van der Waals surface area contributed by atoms with E-state index in [0.29, 0.717) is 29.2 Å². The minimum Gasteiger partial charge on any atom is -0.494 e. The van der Waals surface area contributed by atoms with E-state index in [1.54, 1.807) is 6.07 Å². The molecule has 2 aromatic carbocycles. The van der Waals surface area contributed by atoms with Crippen molar-refractivity contribution in [2.75, 3.05) is 13.1 Å². The number of aromatic hydroxyl groups is 1. The molecule has 3 heterocycles. The molecule has 0 aliphatic carbocycles. The number of nitrogens with zero attached hydrogens (tertiary/aromatic N) is 3. The Morgan fingerprint density at radius 2 is 1.80 bits per heavy atom. The normalized spacial score (nSPS) is 16.8. The Kier molecular flexibility index (Phi) is 3.05. The Morgan fingerprint density at radius 1 is 1.04 bits per heavy atom. The predicted molar refractivity (Wildman–Crippen MR) is 96.8 cm³/mol. The number of hydrogen-bond acceptors (Lipinski definition) is 4. The van der Waals surface area contributed by atoms with E-state index in [2.05, 4.69) is 9.89 Å². The van der Waals surface area contributed by atoms with E-state index in [-0.39, 0.29) is 11.7 Å². The zero-order chi connectivity index (χ0) is 17.0. The van der Waals surface area contributed by atoms with Gasteiger partial charge in [0.25, 0.3) is 0 Å². The van der Waals surface area contributed by atoms with Crippen molar-refractivity contribution in [2.24, 2.45) is 4.99 Å². The number of benzene rings is 2. The van der Waals surface area contributed by atoms with Gasteiger partial charge in [0.05, 0.1) is 23.4 Å². The zero-order valence-corrected chi connectivity index (χ0v) is 13.6. The van der Waals surface area contributed by atoms with Crippen molar-refractivity contribution in [3.05, 3.63) is 59.7 Å². The first kappa shape index (κ1) is 14.4. The number of ketones is 1. The molecule has 1 fully saturated rings. The summed E-state index contributed by atoms with van der Waals surface area (Å²) in [5.41, 5.74) is 3.06. The Morgan fingerprint density at radius 3 is 2.56 bits per heavy atom. The first-order chi connectivity index (χ1) is 12.2. The van der Waals surface area contributed by atoms with Gasteiger partial charge >= 0.3 is 0 Å². The van der Waals surface area contributed by atoms with Crippen LogP contribution in [0.4, 0.5) is 5.69 Å². The maximum absolute atomic E-state index is 12.8. The molecule has 0 radical (unpaired) electrons. The second-order valence-electron chi connectivity index (χ2n) is 6.56. The summed E-state index contributed by atoms with van der Waals surface area (Å²) in [4.78, 5) is 19.6. The van der Waals surface area contributed by atoms with Gasteiger partial charge in [-0.05, 0) is 24.6 Å². The summed E-state index contributed by atoms with van der Waals surface area (Å²) in [6.45, 7) is 2.69. The van der Waals surface area contributed by atoms with Gasteiger partial charge in [-0.3, -0.25) is 14.3 Å². The summed E-state index contributed by atoms with van der Waals surface area (Å²) < 4.78 is 1.88. The van der Waals surface area contributed by atoms with Gasteiger partial charge in [0.15, 0.2) is 0 Å². The summed E-state index contributed by atoms with van der Waals surface area (Å²) in [5, 5.41) is 11.8. The fourth-order valence-electron chi connectivity index (χ4n) is 3.62. The molecule has 3 aromatic rings. The van der Waals surface area contributed by atoms with Crippen molar-refractivity contribution in [1.82, 2.24) is 9.47 Å². The van der Waals surface area contributed by atoms with Gasteiger partial charge in [-0.2, -0.15) is 0 Å². The van der Waals surface area contributed by atoms with Gasteiger partial charge in [0.1, 0.15) is 5.71 Å². The van der Waals surface area contributed by atoms with Crippen LogP contribution in [0.2, 0.25) is 0 Å². The molecule has 2 aliphatic heterocycles. The van der Waals surface area contributed by atoms with E-state index in [1.807, 2.05) is 47.0 Å². The van der Waals surface area contributed by atoms with Crippen molar-refractivity contribution >= 4 is 28.1 Å². The molecule has 0 atom stereocenters. The predicted octanol–water partition coefficient (Wildman–Crippen LogP) is 3.33. The number of Topliss-reactive ketones (excluding diaryl/α,β-unsaturated/α-hetero) is 1. The number of hydrogen-bond donors (Lipinski definition) is 1. The van der Waals surface area contributed by atoms with Crippen LogP contribution in [0.15, 0.2) is 53.5 Å². The first-order valence-corrected chi connectivity index (χ1v) is 8.49. The molecule has 0 unspecified atom stereocenters. The average molecular weight is 331 g/mol. The number of rotatable bonds is 3. The van der Waals surface area contributed by atoms with Crippen LogP contribution in [-0.4, -0.2) is 39.2 Å². The van der Waals surface area contributed by atoms with Crippen LogP contribution >= 0.6 is 0 Å². The molecule has 1 N–H and O–H groups in total. The van der Waals surface area contributed by atoms with Gasteiger partial charge in [-0.15, -0.1) is 0 Å². The highest BCUT2D eigenvalue weighted by molar-refractivity contribution is 6.56. The minimum absolute atomic E-state index is 0.119. The fourth-order valence-corrected chi connectivity index (χ4v) is 3.62. The van der Waals surface area contributed by atoms with E-state index in [1.165, 1.54) is 6.42 Å². The molecule has 5 rings (SSSR count). The van der Waals surface area contributed by atoms with Crippen LogP contribution in [0.5, 0.6) is 5.88 Å². The lowest BCUT2D eigenvalue weighted by atomic mass is 10.0. The molecule has 5 heteroatoms. The van der Waals surface area contributed by atoms with Crippen LogP contribution in [0.3, 0.4) is 0 Å². The van der Waals surface area contributed by atoms with E-state index in [4.69, 9.17) is 0 Å². The van der Waals surface area contributed by atoms with Crippen molar-refractivity contribution in [3.8, 4) is 5.88 Å². The molecule has 1 aromatic heterocycles. The van der Waals surface area contributed by atoms with E-state index in [9.17, 15) is 9.90 Å². The van der Waals surface area contributed by atoms with Gasteiger partial charge in [-0.1, -0.05) is 30.3 Å². The van der Waals surface area contributed by atoms with Crippen LogP contribution in [0.25, 0.3) is 10.9 Å². The van der Waals surface area contributed by atoms with Gasteiger partial charge in [0, 0.05) is 24.0 Å². The van der Waals surface area contributed by atoms with E-state index in [0.717, 1.165) is 24.0 Å². The molecule has 0 bridgehead atoms. The number of carbonyl (C=O) groups is 1. The average Bonchev–Trinajstić information content (AvgIpc) is 3.06. The number of carbonyl (C=O) groups excluding carboxylic acids is 1. The highest BCUT2D eigenvalue weighted by Crippen LogP contribution is 2.37. The lowest BCUT2D eigenvalue weighted by Gasteiger charge is -2.31. The fraction of sp³-hybridized carbons (Fsp3) is 0.200. The molecular weight excluding hydrogens is 314 g/mol. The van der Waals surface area contributed by atoms with Crippen LogP contribution in [0.1, 0.15) is 22.3 Å². The van der Waals surface area contributed by atoms with Crippen molar-refractivity contribution < 1.29 is 9.90 Å². The molecule has 2 aliphatic rings. The van der Waals surface area contributed by atoms with E-state index < -0.39 is 0 Å². The highest BCUT2D eigenvalue weighted by Gasteiger charge is 2.31. The molecule has 0 amide bonds. The van der Waals surface area contributed by atoms with Crippen molar-refractivity contribution in [2.45, 2.75) is 13.1 Å². The lowest BCUT2D eigenvalue weighted by molar-refractivity contribution is 0.106. The maximum atomic E-state index is 12.8. The number of aliphatic imine (C=N–C) groups is 1. The Labute approximate surface area is 144 Å². The molecule has 1 saturated heterocycles. The maximum Gasteiger partial charge on any atom is 0.214 e. The number of aromatic nitrogens is 1. The SMILES string of the molecule is O=C1C(c2c(O)n(CN3CCC3)c3ccccc23)=Nc2ccccc21. The topological polar surface area (TPSA) is 57.8 Å². The lowest BCUT2D eigenvalue weighted by Crippen LogP contribution is -2.38. The monoisotopic (exact) mass is 331 g/mol. The summed E-state index contributed by atoms with van der Waals surface area (Å²) in [5.74, 6) is -0.00856. The van der Waals surface area contributed by atoms with Crippen LogP contribution < -0.4 is 0 Å². The third kappa shape index (κ3) is 2.06. The summed E-state index contributed by atoms with van der Waals surface area (Å²) in [7, 11) is 0. The number of likely N-dealkylation sites (tertiary alicyclic amines) is 1. The van der Waals surface area contributed by atoms with Crippen molar-refractivity contribution in [1.29, 1.82) is 0 Å². The third-order valence-electron chi connectivity index (χ3n) is 5.07. The summed E-state index contributed by atoms with van der Waals surface area (Å²) in [6, 6.07) is 15.1. The highest BCUT2D eigenvalue weighted by atomic mass is 16.3. The summed E-state index contributed by atoms with van der Waals surface area (Å²) in [6.07, 6.45) is 1.19. The second kappa shape index (κ2) is 5.29. The molecule has 0 spiro atoms. The molecule has 124 valence electrons. The molecule has 5 nitrogen and oxygen atoms in total. The van der Waals surface area contributed by atoms with Crippen molar-refractivity contribution in [3.63, 3.8) is 0 Å². The van der Waals surface area contributed by atoms with Crippen LogP contribution in [0, 0.1) is 0 Å². The molecule has 0 saturated carbocycles. The standard InChI is InChI=1S/C20H17N3O2/c24-19-13-6-1-3-8-15(13)21-18(19)17-14-7-2-4-9-16(14)23(20(17)25)12-22-10-5-11-22/h1-4,6-9,25H,5,10-12H2. The van der Waals surface area contributed by atoms with E-state index >= 15 is 0 Å². The quantitative estimate of drug-likeness (QED) is 0.801. The van der Waals surface area contributed by atoms with Crippen LogP contribution in [-0.2, 0) is 6.67 Å². The van der Waals surface area contributed by atoms with Gasteiger partial charge in [-0.25, -0.2) is 4.99 Å². The Bertz CT molecular complexity index is 1040. The number of fused-ring (bicyclic) bond motifs is 2. The Balaban J connectivity index is 1.70. The number of para-hydroxylation sites is 2. The summed E-state index contributed by atoms with van der Waals surface area (Å²) >= 11 is 0. The molecular formula is C20H17N3O2. The Hall–Kier alpha value is -2.92. The van der Waals surface area contributed by atoms with Gasteiger partial charge in [0.2, 0.25) is 11.7 Å². The smallest absolute Gasteiger partial charge is 0.214 e. The third-order valence-corrected chi connectivity index (χ3v) is 5.07. The zero-order valence-electron chi connectivity index (χ0n) is 13.6. The largest absolute Gasteiger partial charge is 0.494 e. The first-order valence-electron chi connectivity index (χ1n) is 8.49. The van der Waals surface area contributed by atoms with Gasteiger partial charge < -0.3 is 5.11 Å². The molecule has 25 heavy (non-hydrogen) atoms.